The molecule has 0 saturated heterocycles. The summed E-state index contributed by atoms with van der Waals surface area (Å²) in [6.07, 6.45) is 3.29. The lowest BCUT2D eigenvalue weighted by molar-refractivity contribution is -0.900. The van der Waals surface area contributed by atoms with E-state index in [9.17, 15) is 13.2 Å². The predicted octanol–water partition coefficient (Wildman–Crippen LogP) is 1.76. The van der Waals surface area contributed by atoms with E-state index in [0.29, 0.717) is 0 Å². The molecule has 0 rings (SSSR count). The molecule has 0 aromatic rings. The number of alkyl halides is 3. The van der Waals surface area contributed by atoms with Crippen LogP contribution in [0.25, 0.3) is 0 Å². The molecule has 0 aliphatic heterocycles. The minimum absolute atomic E-state index is 1.35. The summed E-state index contributed by atoms with van der Waals surface area (Å²) >= 11 is 0. The van der Waals surface area contributed by atoms with E-state index >= 15 is 0 Å². The van der Waals surface area contributed by atoms with Crippen LogP contribution >= 0.6 is 0 Å². The summed E-state index contributed by atoms with van der Waals surface area (Å²) in [4.78, 5) is 1.84. The Kier molecular flexibility index (Phi) is 16.0. The Labute approximate surface area is 126 Å². The standard InChI is InChI=1S/C12H27N.CH2BF3O3/c1-4-7-10-13(11-8-5-2)12-9-6-3;3-1(4,5)8-2(6)7/h4-12H2,1-3H3;6-7H/p+1. The molecule has 0 unspecified atom stereocenters. The SMILES string of the molecule is CCCC[NH+](CCCC)CCCC.OB(O)OC(F)(F)F. The zero-order valence-corrected chi connectivity index (χ0v) is 13.4. The number of hydrogen-bond acceptors (Lipinski definition) is 3. The maximum atomic E-state index is 10.8. The lowest BCUT2D eigenvalue weighted by Crippen LogP contribution is -3.12. The molecule has 4 nitrogen and oxygen atoms in total. The first-order valence-corrected chi connectivity index (χ1v) is 7.71. The molecular formula is C13H30BF3NO3+. The van der Waals surface area contributed by atoms with Crippen LogP contribution in [-0.2, 0) is 4.65 Å². The monoisotopic (exact) mass is 316 g/mol. The van der Waals surface area contributed by atoms with Gasteiger partial charge in [-0.05, 0) is 19.3 Å². The van der Waals surface area contributed by atoms with Gasteiger partial charge in [-0.2, -0.15) is 0 Å². The van der Waals surface area contributed by atoms with Crippen LogP contribution in [0.15, 0.2) is 0 Å². The third-order valence-corrected chi connectivity index (χ3v) is 2.89. The normalized spacial score (nSPS) is 11.3. The number of rotatable bonds is 10. The Morgan fingerprint density at radius 2 is 1.19 bits per heavy atom. The van der Waals surface area contributed by atoms with Gasteiger partial charge in [0, 0.05) is 0 Å². The van der Waals surface area contributed by atoms with Crippen LogP contribution in [0.3, 0.4) is 0 Å². The zero-order valence-electron chi connectivity index (χ0n) is 13.4. The molecule has 0 fully saturated rings. The molecular weight excluding hydrogens is 286 g/mol. The fourth-order valence-electron chi connectivity index (χ4n) is 1.77. The Hall–Kier alpha value is -0.305. The third kappa shape index (κ3) is 22.1. The molecule has 0 aliphatic rings. The molecule has 0 bridgehead atoms. The van der Waals surface area contributed by atoms with Crippen LogP contribution in [0, 0.1) is 0 Å². The van der Waals surface area contributed by atoms with E-state index in [0.717, 1.165) is 0 Å². The molecule has 0 saturated carbocycles. The summed E-state index contributed by atoms with van der Waals surface area (Å²) in [5.74, 6) is 0. The van der Waals surface area contributed by atoms with Gasteiger partial charge in [0.2, 0.25) is 0 Å². The highest BCUT2D eigenvalue weighted by molar-refractivity contribution is 6.32. The molecule has 0 aromatic heterocycles. The Morgan fingerprint density at radius 1 is 0.857 bits per heavy atom. The van der Waals surface area contributed by atoms with Crippen LogP contribution in [-0.4, -0.2) is 43.4 Å². The molecule has 21 heavy (non-hydrogen) atoms. The molecule has 0 aliphatic carbocycles. The fourth-order valence-corrected chi connectivity index (χ4v) is 1.77. The van der Waals surface area contributed by atoms with Gasteiger partial charge in [-0.3, -0.25) is 4.65 Å². The van der Waals surface area contributed by atoms with E-state index in [-0.39, 0.29) is 0 Å². The number of nitrogens with one attached hydrogen (secondary N) is 1. The maximum absolute atomic E-state index is 10.8. The van der Waals surface area contributed by atoms with Crippen LogP contribution in [0.1, 0.15) is 59.3 Å². The summed E-state index contributed by atoms with van der Waals surface area (Å²) in [5.41, 5.74) is 0. The fraction of sp³-hybridized carbons (Fsp3) is 1.00. The van der Waals surface area contributed by atoms with Crippen LogP contribution in [0.4, 0.5) is 13.2 Å². The number of hydrogen-bond donors (Lipinski definition) is 3. The molecule has 0 radical (unpaired) electrons. The average molecular weight is 316 g/mol. The number of halogens is 3. The van der Waals surface area contributed by atoms with Crippen molar-refractivity contribution in [1.29, 1.82) is 0 Å². The van der Waals surface area contributed by atoms with Crippen molar-refractivity contribution in [2.45, 2.75) is 65.7 Å². The molecule has 3 N–H and O–H groups in total. The second-order valence-corrected chi connectivity index (χ2v) is 4.95. The van der Waals surface area contributed by atoms with Gasteiger partial charge in [-0.1, -0.05) is 40.0 Å². The average Bonchev–Trinajstić information content (AvgIpc) is 2.35. The Balaban J connectivity index is 0. The minimum atomic E-state index is -4.98. The summed E-state index contributed by atoms with van der Waals surface area (Å²) in [6.45, 7) is 11.1. The first-order chi connectivity index (χ1) is 9.76. The quantitative estimate of drug-likeness (QED) is 0.538. The second-order valence-electron chi connectivity index (χ2n) is 4.95. The first-order valence-electron chi connectivity index (χ1n) is 7.71. The molecule has 128 valence electrons. The van der Waals surface area contributed by atoms with Crippen molar-refractivity contribution >= 4 is 7.32 Å². The Morgan fingerprint density at radius 3 is 1.33 bits per heavy atom. The highest BCUT2D eigenvalue weighted by Gasteiger charge is 2.34. The van der Waals surface area contributed by atoms with Gasteiger partial charge in [0.1, 0.15) is 0 Å². The number of quaternary nitrogens is 1. The minimum Gasteiger partial charge on any atom is -0.402 e. The topological polar surface area (TPSA) is 54.1 Å². The summed E-state index contributed by atoms with van der Waals surface area (Å²) in [5, 5.41) is 15.0. The largest absolute Gasteiger partial charge is 0.640 e. The highest BCUT2D eigenvalue weighted by atomic mass is 19.4. The molecule has 8 heteroatoms. The summed E-state index contributed by atoms with van der Waals surface area (Å²) < 4.78 is 34.8. The summed E-state index contributed by atoms with van der Waals surface area (Å²) in [7, 11) is -2.78. The Bertz CT molecular complexity index is 200. The van der Waals surface area contributed by atoms with E-state index in [2.05, 4.69) is 25.4 Å². The molecule has 0 amide bonds. The van der Waals surface area contributed by atoms with E-state index in [1.54, 1.807) is 0 Å². The molecule has 0 atom stereocenters. The van der Waals surface area contributed by atoms with Gasteiger partial charge in [0.15, 0.2) is 0 Å². The van der Waals surface area contributed by atoms with E-state index in [1.807, 2.05) is 4.90 Å². The van der Waals surface area contributed by atoms with Crippen molar-refractivity contribution in [2.75, 3.05) is 19.6 Å². The van der Waals surface area contributed by atoms with Crippen molar-refractivity contribution in [1.82, 2.24) is 0 Å². The van der Waals surface area contributed by atoms with Crippen molar-refractivity contribution in [3.8, 4) is 0 Å². The third-order valence-electron chi connectivity index (χ3n) is 2.89. The van der Waals surface area contributed by atoms with Gasteiger partial charge in [-0.25, -0.2) is 0 Å². The van der Waals surface area contributed by atoms with Gasteiger partial charge >= 0.3 is 13.7 Å². The molecule has 0 spiro atoms. The van der Waals surface area contributed by atoms with Gasteiger partial charge in [-0.15, -0.1) is 13.2 Å². The highest BCUT2D eigenvalue weighted by Crippen LogP contribution is 2.15. The number of unbranched alkanes of at least 4 members (excludes halogenated alkanes) is 3. The van der Waals surface area contributed by atoms with Crippen molar-refractivity contribution in [2.24, 2.45) is 0 Å². The zero-order chi connectivity index (χ0) is 16.7. The maximum Gasteiger partial charge on any atom is 0.640 e. The van der Waals surface area contributed by atoms with Crippen LogP contribution in [0.5, 0.6) is 0 Å². The second kappa shape index (κ2) is 14.6. The lowest BCUT2D eigenvalue weighted by atomic mass is 10.2. The van der Waals surface area contributed by atoms with Gasteiger partial charge < -0.3 is 14.9 Å². The summed E-state index contributed by atoms with van der Waals surface area (Å²) in [6, 6.07) is 0. The smallest absolute Gasteiger partial charge is 0.402 e. The first kappa shape index (κ1) is 23.0. The lowest BCUT2D eigenvalue weighted by Gasteiger charge is -2.18. The van der Waals surface area contributed by atoms with Crippen molar-refractivity contribution in [3.05, 3.63) is 0 Å². The van der Waals surface area contributed by atoms with Crippen LogP contribution in [0.2, 0.25) is 0 Å². The van der Waals surface area contributed by atoms with Gasteiger partial charge in [0.25, 0.3) is 0 Å². The van der Waals surface area contributed by atoms with E-state index < -0.39 is 13.7 Å². The van der Waals surface area contributed by atoms with Gasteiger partial charge in [0.05, 0.1) is 19.6 Å². The van der Waals surface area contributed by atoms with Crippen LogP contribution < -0.4 is 4.90 Å². The molecule has 0 aromatic carbocycles. The van der Waals surface area contributed by atoms with Crippen molar-refractivity contribution < 1.29 is 32.8 Å². The predicted molar refractivity (Wildman–Crippen MR) is 77.6 cm³/mol. The van der Waals surface area contributed by atoms with E-state index in [4.69, 9.17) is 10.0 Å². The van der Waals surface area contributed by atoms with Crippen molar-refractivity contribution in [3.63, 3.8) is 0 Å². The molecule has 0 heterocycles. The van der Waals surface area contributed by atoms with E-state index in [1.165, 1.54) is 58.2 Å².